The number of carbonyl (C=O) groups is 1. The fraction of sp³-hybridized carbons (Fsp3) is 0.316. The molecule has 1 aliphatic heterocycles. The molecule has 2 heterocycles. The molecule has 0 saturated carbocycles. The van der Waals surface area contributed by atoms with Crippen LogP contribution in [0.1, 0.15) is 28.5 Å². The van der Waals surface area contributed by atoms with Crippen LogP contribution in [-0.2, 0) is 15.9 Å². The van der Waals surface area contributed by atoms with E-state index in [1.54, 1.807) is 13.2 Å². The average molecular weight is 439 g/mol. The van der Waals surface area contributed by atoms with E-state index < -0.39 is 34.2 Å². The van der Waals surface area contributed by atoms with E-state index in [9.17, 15) is 13.7 Å². The number of anilines is 1. The third-order valence-electron chi connectivity index (χ3n) is 4.47. The van der Waals surface area contributed by atoms with Gasteiger partial charge >= 0.3 is 0 Å². The molecule has 29 heavy (non-hydrogen) atoms. The number of amidine groups is 1. The summed E-state index contributed by atoms with van der Waals surface area (Å²) in [6.07, 6.45) is 1.81. The van der Waals surface area contributed by atoms with E-state index in [0.717, 1.165) is 0 Å². The van der Waals surface area contributed by atoms with Gasteiger partial charge in [-0.05, 0) is 41.5 Å². The molecule has 1 saturated heterocycles. The largest absolute Gasteiger partial charge is 0.616 e. The zero-order chi connectivity index (χ0) is 21.0. The number of halogens is 2. The van der Waals surface area contributed by atoms with E-state index in [-0.39, 0.29) is 22.8 Å². The number of hydrogen-bond acceptors (Lipinski definition) is 5. The third-order valence-corrected chi connectivity index (χ3v) is 6.46. The molecule has 154 valence electrons. The molecule has 3 N–H and O–H groups in total. The van der Waals surface area contributed by atoms with Crippen molar-refractivity contribution >= 4 is 40.2 Å². The highest BCUT2D eigenvalue weighted by Crippen LogP contribution is 2.28. The Kier molecular flexibility index (Phi) is 7.07. The lowest BCUT2D eigenvalue weighted by Crippen LogP contribution is -2.50. The second-order valence-corrected chi connectivity index (χ2v) is 8.58. The van der Waals surface area contributed by atoms with Crippen molar-refractivity contribution in [3.8, 4) is 0 Å². The number of benzene rings is 1. The SMILES string of the molecule is COCCC1C(=N)NC(c2cc(NC(=O)c3ccc(Cl)cn3)ccc2F)C[S+]1[O-]. The predicted octanol–water partition coefficient (Wildman–Crippen LogP) is 2.90. The minimum absolute atomic E-state index is 0.0934. The summed E-state index contributed by atoms with van der Waals surface area (Å²) in [6.45, 7) is 0.389. The molecule has 10 heteroatoms. The second kappa shape index (κ2) is 9.53. The Morgan fingerprint density at radius 2 is 2.28 bits per heavy atom. The summed E-state index contributed by atoms with van der Waals surface area (Å²) in [4.78, 5) is 16.3. The molecule has 7 nitrogen and oxygen atoms in total. The van der Waals surface area contributed by atoms with E-state index in [4.69, 9.17) is 21.7 Å². The summed E-state index contributed by atoms with van der Waals surface area (Å²) in [7, 11) is 1.54. The maximum Gasteiger partial charge on any atom is 0.274 e. The molecule has 1 aliphatic rings. The van der Waals surface area contributed by atoms with Crippen molar-refractivity contribution in [1.29, 1.82) is 5.41 Å². The monoisotopic (exact) mass is 438 g/mol. The van der Waals surface area contributed by atoms with Crippen LogP contribution in [0.3, 0.4) is 0 Å². The standard InChI is InChI=1S/C19H20ClFN4O3S/c1-28-7-6-17-18(22)25-16(10-29(17)27)13-8-12(3-4-14(13)21)24-19(26)15-5-2-11(20)9-23-15/h2-5,8-9,16-17H,6-7,10H2,1H3,(H2,22,25)(H,24,26). The number of nitrogens with zero attached hydrogens (tertiary/aromatic N) is 1. The Morgan fingerprint density at radius 3 is 2.93 bits per heavy atom. The van der Waals surface area contributed by atoms with Crippen LogP contribution in [0.4, 0.5) is 10.1 Å². The highest BCUT2D eigenvalue weighted by Gasteiger charge is 2.37. The number of ether oxygens (including phenoxy) is 1. The highest BCUT2D eigenvalue weighted by molar-refractivity contribution is 7.92. The first-order chi connectivity index (χ1) is 13.9. The van der Waals surface area contributed by atoms with Crippen molar-refractivity contribution < 1.29 is 18.5 Å². The molecule has 0 bridgehead atoms. The Balaban J connectivity index is 1.74. The zero-order valence-electron chi connectivity index (χ0n) is 15.6. The van der Waals surface area contributed by atoms with Crippen molar-refractivity contribution in [2.45, 2.75) is 17.7 Å². The van der Waals surface area contributed by atoms with E-state index >= 15 is 0 Å². The van der Waals surface area contributed by atoms with Crippen LogP contribution in [0.5, 0.6) is 0 Å². The Morgan fingerprint density at radius 1 is 1.48 bits per heavy atom. The molecule has 0 aliphatic carbocycles. The van der Waals surface area contributed by atoms with Gasteiger partial charge in [0.05, 0.1) is 11.6 Å². The van der Waals surface area contributed by atoms with Crippen LogP contribution in [0.15, 0.2) is 36.5 Å². The Labute approximate surface area is 175 Å². The minimum atomic E-state index is -1.34. The van der Waals surface area contributed by atoms with Gasteiger partial charge in [0.25, 0.3) is 5.91 Å². The molecule has 3 atom stereocenters. The molecule has 1 aromatic heterocycles. The molecular weight excluding hydrogens is 419 g/mol. The summed E-state index contributed by atoms with van der Waals surface area (Å²) >= 11 is 4.43. The number of aromatic nitrogens is 1. The van der Waals surface area contributed by atoms with Gasteiger partial charge in [-0.2, -0.15) is 0 Å². The van der Waals surface area contributed by atoms with Gasteiger partial charge in [-0.1, -0.05) is 11.6 Å². The van der Waals surface area contributed by atoms with Gasteiger partial charge in [0.2, 0.25) is 0 Å². The molecule has 1 aromatic carbocycles. The summed E-state index contributed by atoms with van der Waals surface area (Å²) in [5.41, 5.74) is 0.763. The van der Waals surface area contributed by atoms with Crippen LogP contribution in [-0.4, -0.2) is 46.0 Å². The van der Waals surface area contributed by atoms with E-state index in [1.165, 1.54) is 30.5 Å². The highest BCUT2D eigenvalue weighted by atomic mass is 35.5. The van der Waals surface area contributed by atoms with E-state index in [1.807, 2.05) is 0 Å². The Bertz CT molecular complexity index is 900. The van der Waals surface area contributed by atoms with Crippen molar-refractivity contribution in [2.24, 2.45) is 0 Å². The van der Waals surface area contributed by atoms with Crippen LogP contribution in [0.25, 0.3) is 0 Å². The lowest BCUT2D eigenvalue weighted by atomic mass is 10.1. The summed E-state index contributed by atoms with van der Waals surface area (Å²) in [5.74, 6) is -0.725. The van der Waals surface area contributed by atoms with E-state index in [0.29, 0.717) is 23.7 Å². The number of methoxy groups -OCH3 is 1. The maximum atomic E-state index is 14.4. The van der Waals surface area contributed by atoms with Gasteiger partial charge < -0.3 is 19.9 Å². The fourth-order valence-electron chi connectivity index (χ4n) is 3.00. The lowest BCUT2D eigenvalue weighted by Gasteiger charge is -2.33. The van der Waals surface area contributed by atoms with Gasteiger partial charge in [0.15, 0.2) is 5.25 Å². The fourth-order valence-corrected chi connectivity index (χ4v) is 4.62. The molecule has 3 rings (SSSR count). The molecule has 2 aromatic rings. The maximum absolute atomic E-state index is 14.4. The minimum Gasteiger partial charge on any atom is -0.616 e. The van der Waals surface area contributed by atoms with Crippen molar-refractivity contribution in [3.63, 3.8) is 0 Å². The van der Waals surface area contributed by atoms with Crippen molar-refractivity contribution in [3.05, 3.63) is 58.6 Å². The normalized spacial score (nSPS) is 21.5. The average Bonchev–Trinajstić information content (AvgIpc) is 2.69. The number of rotatable bonds is 6. The summed E-state index contributed by atoms with van der Waals surface area (Å²) in [5, 5.41) is 13.7. The van der Waals surface area contributed by atoms with Crippen molar-refractivity contribution in [2.75, 3.05) is 24.8 Å². The Hall–Kier alpha value is -2.20. The molecule has 1 amide bonds. The number of nitrogens with one attached hydrogen (secondary N) is 3. The van der Waals surface area contributed by atoms with E-state index in [2.05, 4.69) is 15.6 Å². The first-order valence-corrected chi connectivity index (χ1v) is 10.6. The molecule has 3 unspecified atom stereocenters. The molecule has 0 spiro atoms. The molecule has 0 radical (unpaired) electrons. The smallest absolute Gasteiger partial charge is 0.274 e. The van der Waals surface area contributed by atoms with Crippen LogP contribution in [0, 0.1) is 11.2 Å². The molecular formula is C19H20ClFN4O3S. The van der Waals surface area contributed by atoms with Gasteiger partial charge in [-0.25, -0.2) is 9.37 Å². The third kappa shape index (κ3) is 5.24. The molecule has 1 fully saturated rings. The zero-order valence-corrected chi connectivity index (χ0v) is 17.1. The summed E-state index contributed by atoms with van der Waals surface area (Å²) in [6, 6.07) is 6.53. The van der Waals surface area contributed by atoms with Crippen LogP contribution >= 0.6 is 11.6 Å². The van der Waals surface area contributed by atoms with Gasteiger partial charge in [-0.15, -0.1) is 0 Å². The topological polar surface area (TPSA) is 110 Å². The second-order valence-electron chi connectivity index (χ2n) is 6.48. The van der Waals surface area contributed by atoms with Gasteiger partial charge in [0.1, 0.15) is 29.1 Å². The number of pyridine rings is 1. The predicted molar refractivity (Wildman–Crippen MR) is 110 cm³/mol. The number of hydrogen-bond donors (Lipinski definition) is 3. The van der Waals surface area contributed by atoms with Crippen LogP contribution < -0.4 is 10.6 Å². The number of carbonyl (C=O) groups excluding carboxylic acids is 1. The summed E-state index contributed by atoms with van der Waals surface area (Å²) < 4.78 is 32.0. The number of amides is 1. The van der Waals surface area contributed by atoms with Gasteiger partial charge in [0, 0.05) is 31.0 Å². The lowest BCUT2D eigenvalue weighted by molar-refractivity contribution is 0.102. The van der Waals surface area contributed by atoms with Crippen LogP contribution in [0.2, 0.25) is 5.02 Å². The quantitative estimate of drug-likeness (QED) is 0.600. The first kappa shape index (κ1) is 21.5. The first-order valence-electron chi connectivity index (χ1n) is 8.82. The van der Waals surface area contributed by atoms with Gasteiger partial charge in [-0.3, -0.25) is 10.2 Å². The van der Waals surface area contributed by atoms with Crippen molar-refractivity contribution in [1.82, 2.24) is 10.3 Å².